The van der Waals surface area contributed by atoms with E-state index in [-0.39, 0.29) is 5.76 Å². The summed E-state index contributed by atoms with van der Waals surface area (Å²) in [5.74, 6) is -5.49. The van der Waals surface area contributed by atoms with Gasteiger partial charge in [-0.25, -0.2) is 18.0 Å². The van der Waals surface area contributed by atoms with Crippen LogP contribution in [0.25, 0.3) is 11.3 Å². The lowest BCUT2D eigenvalue weighted by atomic mass is 10.1. The number of halogens is 4. The quantitative estimate of drug-likeness (QED) is 0.681. The summed E-state index contributed by atoms with van der Waals surface area (Å²) in [4.78, 5) is 10.6. The van der Waals surface area contributed by atoms with Gasteiger partial charge >= 0.3 is 5.97 Å². The maximum Gasteiger partial charge on any atom is 0.358 e. The highest BCUT2D eigenvalue weighted by molar-refractivity contribution is 9.10. The molecular weight excluding hydrogens is 319 g/mol. The Morgan fingerprint density at radius 2 is 1.94 bits per heavy atom. The van der Waals surface area contributed by atoms with Crippen molar-refractivity contribution in [2.75, 3.05) is 0 Å². The van der Waals surface area contributed by atoms with Crippen molar-refractivity contribution in [2.45, 2.75) is 0 Å². The van der Waals surface area contributed by atoms with Gasteiger partial charge in [0.15, 0.2) is 28.9 Å². The largest absolute Gasteiger partial charge is 0.476 e. The molecule has 0 saturated carbocycles. The topological polar surface area (TPSA) is 63.3 Å². The van der Waals surface area contributed by atoms with Crippen molar-refractivity contribution in [2.24, 2.45) is 0 Å². The van der Waals surface area contributed by atoms with Gasteiger partial charge in [-0.15, -0.1) is 0 Å². The normalized spacial score (nSPS) is 10.7. The number of benzene rings is 1. The molecule has 0 aliphatic heterocycles. The number of carbonyl (C=O) groups is 1. The zero-order chi connectivity index (χ0) is 13.4. The molecule has 18 heavy (non-hydrogen) atoms. The lowest BCUT2D eigenvalue weighted by Crippen LogP contribution is -1.95. The molecule has 2 rings (SSSR count). The lowest BCUT2D eigenvalue weighted by molar-refractivity contribution is 0.0686. The van der Waals surface area contributed by atoms with Crippen molar-refractivity contribution >= 4 is 21.9 Å². The summed E-state index contributed by atoms with van der Waals surface area (Å²) in [6.07, 6.45) is 0. The van der Waals surface area contributed by atoms with E-state index in [4.69, 9.17) is 5.11 Å². The van der Waals surface area contributed by atoms with Crippen molar-refractivity contribution in [3.8, 4) is 11.3 Å². The summed E-state index contributed by atoms with van der Waals surface area (Å²) in [5, 5.41) is 11.8. The lowest BCUT2D eigenvalue weighted by Gasteiger charge is -2.03. The van der Waals surface area contributed by atoms with Gasteiger partial charge in [-0.05, 0) is 22.0 Å². The van der Waals surface area contributed by atoms with Gasteiger partial charge in [0.1, 0.15) is 0 Å². The van der Waals surface area contributed by atoms with Crippen LogP contribution in [0.3, 0.4) is 0 Å². The van der Waals surface area contributed by atoms with Crippen LogP contribution in [-0.2, 0) is 0 Å². The number of aromatic nitrogens is 1. The molecule has 0 fully saturated rings. The third-order valence-corrected chi connectivity index (χ3v) is 2.79. The van der Waals surface area contributed by atoms with Crippen molar-refractivity contribution in [3.05, 3.63) is 39.8 Å². The zero-order valence-electron chi connectivity index (χ0n) is 8.38. The highest BCUT2D eigenvalue weighted by atomic mass is 79.9. The van der Waals surface area contributed by atoms with Crippen molar-refractivity contribution in [1.82, 2.24) is 5.16 Å². The second-order valence-corrected chi connectivity index (χ2v) is 4.02. The maximum absolute atomic E-state index is 13.6. The number of carboxylic acids is 1. The number of aromatic carboxylic acids is 1. The van der Waals surface area contributed by atoms with Gasteiger partial charge < -0.3 is 9.63 Å². The molecule has 0 spiro atoms. The van der Waals surface area contributed by atoms with Gasteiger partial charge in [-0.1, -0.05) is 5.16 Å². The SMILES string of the molecule is O=C(O)c1cc(-c2cc(F)c(F)c(Br)c2F)on1. The number of nitrogens with zero attached hydrogens (tertiary/aromatic N) is 1. The maximum atomic E-state index is 13.6. The van der Waals surface area contributed by atoms with Crippen LogP contribution < -0.4 is 0 Å². The van der Waals surface area contributed by atoms with Crippen molar-refractivity contribution in [1.29, 1.82) is 0 Å². The molecule has 0 saturated heterocycles. The van der Waals surface area contributed by atoms with Crippen LogP contribution in [0.15, 0.2) is 21.1 Å². The molecule has 0 aliphatic carbocycles. The smallest absolute Gasteiger partial charge is 0.358 e. The molecule has 0 bridgehead atoms. The van der Waals surface area contributed by atoms with E-state index >= 15 is 0 Å². The first kappa shape index (κ1) is 12.6. The Labute approximate surface area is 106 Å². The van der Waals surface area contributed by atoms with E-state index in [2.05, 4.69) is 25.6 Å². The Kier molecular flexibility index (Phi) is 3.12. The van der Waals surface area contributed by atoms with Crippen LogP contribution in [0, 0.1) is 17.5 Å². The molecule has 1 aromatic carbocycles. The molecule has 94 valence electrons. The second kappa shape index (κ2) is 4.45. The minimum Gasteiger partial charge on any atom is -0.476 e. The van der Waals surface area contributed by atoms with Crippen molar-refractivity contribution < 1.29 is 27.6 Å². The highest BCUT2D eigenvalue weighted by Gasteiger charge is 2.21. The number of hydrogen-bond donors (Lipinski definition) is 1. The molecule has 0 amide bonds. The molecule has 1 heterocycles. The van der Waals surface area contributed by atoms with E-state index in [9.17, 15) is 18.0 Å². The third-order valence-electron chi connectivity index (χ3n) is 2.10. The Hall–Kier alpha value is -1.83. The van der Waals surface area contributed by atoms with Crippen LogP contribution in [0.1, 0.15) is 10.5 Å². The average molecular weight is 322 g/mol. The summed E-state index contributed by atoms with van der Waals surface area (Å²) >= 11 is 2.55. The number of hydrogen-bond acceptors (Lipinski definition) is 3. The first-order valence-corrected chi connectivity index (χ1v) is 5.24. The fraction of sp³-hybridized carbons (Fsp3) is 0. The van der Waals surface area contributed by atoms with Crippen molar-refractivity contribution in [3.63, 3.8) is 0 Å². The Morgan fingerprint density at radius 1 is 1.28 bits per heavy atom. The molecule has 2 aromatic rings. The third kappa shape index (κ3) is 1.99. The zero-order valence-corrected chi connectivity index (χ0v) is 9.96. The predicted molar refractivity (Wildman–Crippen MR) is 56.5 cm³/mol. The van der Waals surface area contributed by atoms with Gasteiger partial charge in [0.25, 0.3) is 0 Å². The van der Waals surface area contributed by atoms with Gasteiger partial charge in [0.05, 0.1) is 10.0 Å². The number of rotatable bonds is 2. The molecule has 0 aliphatic rings. The van der Waals surface area contributed by atoms with E-state index < -0.39 is 39.2 Å². The number of carboxylic acid groups (broad SMARTS) is 1. The van der Waals surface area contributed by atoms with Gasteiger partial charge in [-0.3, -0.25) is 0 Å². The molecule has 8 heteroatoms. The molecule has 0 unspecified atom stereocenters. The Balaban J connectivity index is 2.60. The molecule has 0 radical (unpaired) electrons. The standard InChI is InChI=1S/C10H3BrF3NO3/c11-7-8(13)3(1-4(12)9(7)14)6-2-5(10(16)17)15-18-6/h1-2H,(H,16,17). The van der Waals surface area contributed by atoms with Crippen LogP contribution in [0.5, 0.6) is 0 Å². The fourth-order valence-corrected chi connectivity index (χ4v) is 1.66. The van der Waals surface area contributed by atoms with E-state index in [1.165, 1.54) is 0 Å². The summed E-state index contributed by atoms with van der Waals surface area (Å²) in [6, 6.07) is 1.46. The van der Waals surface area contributed by atoms with E-state index in [1.807, 2.05) is 0 Å². The second-order valence-electron chi connectivity index (χ2n) is 3.23. The molecule has 0 atom stereocenters. The highest BCUT2D eigenvalue weighted by Crippen LogP contribution is 2.32. The molecular formula is C10H3BrF3NO3. The molecule has 1 aromatic heterocycles. The minimum atomic E-state index is -1.38. The van der Waals surface area contributed by atoms with Crippen LogP contribution in [0.2, 0.25) is 0 Å². The first-order valence-electron chi connectivity index (χ1n) is 4.45. The summed E-state index contributed by atoms with van der Waals surface area (Å²) in [6.45, 7) is 0. The summed E-state index contributed by atoms with van der Waals surface area (Å²) < 4.78 is 43.6. The minimum absolute atomic E-state index is 0.315. The van der Waals surface area contributed by atoms with Gasteiger partial charge in [0.2, 0.25) is 0 Å². The predicted octanol–water partition coefficient (Wildman–Crippen LogP) is 3.22. The van der Waals surface area contributed by atoms with E-state index in [1.54, 1.807) is 0 Å². The van der Waals surface area contributed by atoms with Crippen LogP contribution in [-0.4, -0.2) is 16.2 Å². The summed E-state index contributed by atoms with van der Waals surface area (Å²) in [5.41, 5.74) is -0.897. The monoisotopic (exact) mass is 321 g/mol. The van der Waals surface area contributed by atoms with Gasteiger partial charge in [-0.2, -0.15) is 0 Å². The van der Waals surface area contributed by atoms with E-state index in [0.717, 1.165) is 6.07 Å². The molecule has 1 N–H and O–H groups in total. The Bertz CT molecular complexity index is 642. The first-order chi connectivity index (χ1) is 8.41. The van der Waals surface area contributed by atoms with E-state index in [0.29, 0.717) is 6.07 Å². The summed E-state index contributed by atoms with van der Waals surface area (Å²) in [7, 11) is 0. The molecule has 4 nitrogen and oxygen atoms in total. The van der Waals surface area contributed by atoms with Gasteiger partial charge in [0, 0.05) is 6.07 Å². The van der Waals surface area contributed by atoms with Crippen LogP contribution in [0.4, 0.5) is 13.2 Å². The van der Waals surface area contributed by atoms with Crippen LogP contribution >= 0.6 is 15.9 Å². The Morgan fingerprint density at radius 3 is 2.50 bits per heavy atom. The average Bonchev–Trinajstić information content (AvgIpc) is 2.80. The fourth-order valence-electron chi connectivity index (χ4n) is 1.26.